The third-order valence-electron chi connectivity index (χ3n) is 4.47. The van der Waals surface area contributed by atoms with E-state index in [9.17, 15) is 0 Å². The monoisotopic (exact) mass is 242 g/mol. The standard InChI is InChI=1S/C16H22N2/c1-3-13-7-6-8-14(11-13)18-12(2)17-15-9-4-5-10-16(15)18/h4-5,9-10,13-14H,3,6-8,11H2,1-2H3. The number of benzene rings is 1. The Morgan fingerprint density at radius 3 is 2.94 bits per heavy atom. The molecule has 0 saturated heterocycles. The zero-order chi connectivity index (χ0) is 12.5. The molecule has 1 aliphatic carbocycles. The molecule has 1 fully saturated rings. The summed E-state index contributed by atoms with van der Waals surface area (Å²) in [5.41, 5.74) is 2.46. The molecule has 1 aliphatic rings. The summed E-state index contributed by atoms with van der Waals surface area (Å²) in [6.07, 6.45) is 6.76. The van der Waals surface area contributed by atoms with Crippen molar-refractivity contribution in [3.05, 3.63) is 30.1 Å². The minimum absolute atomic E-state index is 0.663. The van der Waals surface area contributed by atoms with Crippen LogP contribution < -0.4 is 0 Å². The Kier molecular flexibility index (Phi) is 3.11. The Bertz CT molecular complexity index is 541. The average Bonchev–Trinajstić information content (AvgIpc) is 2.74. The lowest BCUT2D eigenvalue weighted by Crippen LogP contribution is -2.19. The minimum atomic E-state index is 0.663. The molecule has 0 N–H and O–H groups in total. The molecule has 1 aromatic carbocycles. The summed E-state index contributed by atoms with van der Waals surface area (Å²) in [5, 5.41) is 0. The number of para-hydroxylation sites is 2. The molecular formula is C16H22N2. The number of aryl methyl sites for hydroxylation is 1. The van der Waals surface area contributed by atoms with Crippen LogP contribution in [0.1, 0.15) is 50.9 Å². The molecular weight excluding hydrogens is 220 g/mol. The third kappa shape index (κ3) is 1.94. The van der Waals surface area contributed by atoms with Crippen molar-refractivity contribution < 1.29 is 0 Å². The van der Waals surface area contributed by atoms with Crippen LogP contribution in [0.25, 0.3) is 11.0 Å². The maximum atomic E-state index is 4.70. The Hall–Kier alpha value is -1.31. The van der Waals surface area contributed by atoms with E-state index in [1.54, 1.807) is 0 Å². The van der Waals surface area contributed by atoms with Gasteiger partial charge in [-0.05, 0) is 37.8 Å². The topological polar surface area (TPSA) is 17.8 Å². The van der Waals surface area contributed by atoms with Gasteiger partial charge in [0, 0.05) is 6.04 Å². The van der Waals surface area contributed by atoms with E-state index in [4.69, 9.17) is 4.98 Å². The summed E-state index contributed by atoms with van der Waals surface area (Å²) in [4.78, 5) is 4.70. The zero-order valence-corrected chi connectivity index (χ0v) is 11.4. The molecule has 0 spiro atoms. The van der Waals surface area contributed by atoms with Crippen LogP contribution in [0.15, 0.2) is 24.3 Å². The van der Waals surface area contributed by atoms with Crippen LogP contribution in [0, 0.1) is 12.8 Å². The maximum Gasteiger partial charge on any atom is 0.106 e. The lowest BCUT2D eigenvalue weighted by atomic mass is 9.84. The number of fused-ring (bicyclic) bond motifs is 1. The van der Waals surface area contributed by atoms with Gasteiger partial charge in [0.2, 0.25) is 0 Å². The Morgan fingerprint density at radius 2 is 2.11 bits per heavy atom. The molecule has 0 amide bonds. The van der Waals surface area contributed by atoms with Crippen LogP contribution >= 0.6 is 0 Å². The van der Waals surface area contributed by atoms with Crippen molar-refractivity contribution in [3.8, 4) is 0 Å². The molecule has 0 bridgehead atoms. The number of hydrogen-bond donors (Lipinski definition) is 0. The molecule has 1 saturated carbocycles. The molecule has 18 heavy (non-hydrogen) atoms. The summed E-state index contributed by atoms with van der Waals surface area (Å²) in [6.45, 7) is 4.47. The summed E-state index contributed by atoms with van der Waals surface area (Å²) < 4.78 is 2.48. The van der Waals surface area contributed by atoms with Gasteiger partial charge in [-0.15, -0.1) is 0 Å². The minimum Gasteiger partial charge on any atom is -0.325 e. The summed E-state index contributed by atoms with van der Waals surface area (Å²) in [7, 11) is 0. The molecule has 96 valence electrons. The van der Waals surface area contributed by atoms with E-state index in [1.807, 2.05) is 0 Å². The van der Waals surface area contributed by atoms with Gasteiger partial charge in [0.1, 0.15) is 5.82 Å². The van der Waals surface area contributed by atoms with Gasteiger partial charge in [0.05, 0.1) is 11.0 Å². The molecule has 2 nitrogen and oxygen atoms in total. The second-order valence-corrected chi connectivity index (χ2v) is 5.61. The Labute approximate surface area is 109 Å². The fourth-order valence-electron chi connectivity index (χ4n) is 3.49. The molecule has 2 aromatic rings. The first-order valence-electron chi connectivity index (χ1n) is 7.23. The number of rotatable bonds is 2. The SMILES string of the molecule is CCC1CCCC(n2c(C)nc3ccccc32)C1. The second kappa shape index (κ2) is 4.75. The van der Waals surface area contributed by atoms with Gasteiger partial charge in [-0.3, -0.25) is 0 Å². The van der Waals surface area contributed by atoms with Gasteiger partial charge in [0.15, 0.2) is 0 Å². The van der Waals surface area contributed by atoms with Crippen molar-refractivity contribution in [3.63, 3.8) is 0 Å². The number of imidazole rings is 1. The van der Waals surface area contributed by atoms with Crippen molar-refractivity contribution in [2.75, 3.05) is 0 Å². The van der Waals surface area contributed by atoms with Crippen molar-refractivity contribution in [2.45, 2.75) is 52.0 Å². The van der Waals surface area contributed by atoms with Gasteiger partial charge >= 0.3 is 0 Å². The lowest BCUT2D eigenvalue weighted by molar-refractivity contribution is 0.262. The summed E-state index contributed by atoms with van der Waals surface area (Å²) in [6, 6.07) is 9.20. The van der Waals surface area contributed by atoms with Crippen LogP contribution in [-0.4, -0.2) is 9.55 Å². The number of nitrogens with zero attached hydrogens (tertiary/aromatic N) is 2. The van der Waals surface area contributed by atoms with E-state index in [0.717, 1.165) is 11.4 Å². The van der Waals surface area contributed by atoms with Crippen molar-refractivity contribution >= 4 is 11.0 Å². The van der Waals surface area contributed by atoms with Crippen molar-refractivity contribution in [1.82, 2.24) is 9.55 Å². The van der Waals surface area contributed by atoms with E-state index in [1.165, 1.54) is 43.4 Å². The largest absolute Gasteiger partial charge is 0.325 e. The van der Waals surface area contributed by atoms with E-state index in [-0.39, 0.29) is 0 Å². The molecule has 2 unspecified atom stereocenters. The van der Waals surface area contributed by atoms with Gasteiger partial charge in [-0.25, -0.2) is 4.98 Å². The quantitative estimate of drug-likeness (QED) is 0.759. The average molecular weight is 242 g/mol. The Balaban J connectivity index is 2.00. The molecule has 0 radical (unpaired) electrons. The fourth-order valence-corrected chi connectivity index (χ4v) is 3.49. The maximum absolute atomic E-state index is 4.70. The van der Waals surface area contributed by atoms with Crippen LogP contribution in [0.4, 0.5) is 0 Å². The number of aromatic nitrogens is 2. The van der Waals surface area contributed by atoms with E-state index in [0.29, 0.717) is 6.04 Å². The van der Waals surface area contributed by atoms with Gasteiger partial charge in [-0.1, -0.05) is 38.3 Å². The van der Waals surface area contributed by atoms with Crippen molar-refractivity contribution in [2.24, 2.45) is 5.92 Å². The van der Waals surface area contributed by atoms with Crippen LogP contribution in [0.2, 0.25) is 0 Å². The summed E-state index contributed by atoms with van der Waals surface area (Å²) in [5.74, 6) is 2.09. The van der Waals surface area contributed by atoms with E-state index < -0.39 is 0 Å². The van der Waals surface area contributed by atoms with E-state index >= 15 is 0 Å². The molecule has 2 heteroatoms. The predicted molar refractivity (Wildman–Crippen MR) is 75.8 cm³/mol. The first kappa shape index (κ1) is 11.8. The fraction of sp³-hybridized carbons (Fsp3) is 0.562. The second-order valence-electron chi connectivity index (χ2n) is 5.61. The van der Waals surface area contributed by atoms with Crippen LogP contribution in [-0.2, 0) is 0 Å². The molecule has 0 aliphatic heterocycles. The normalized spacial score (nSPS) is 24.6. The third-order valence-corrected chi connectivity index (χ3v) is 4.47. The highest BCUT2D eigenvalue weighted by molar-refractivity contribution is 5.76. The van der Waals surface area contributed by atoms with Crippen molar-refractivity contribution in [1.29, 1.82) is 0 Å². The highest BCUT2D eigenvalue weighted by Gasteiger charge is 2.24. The summed E-state index contributed by atoms with van der Waals surface area (Å²) >= 11 is 0. The molecule has 2 atom stereocenters. The smallest absolute Gasteiger partial charge is 0.106 e. The first-order chi connectivity index (χ1) is 8.79. The molecule has 1 aromatic heterocycles. The lowest BCUT2D eigenvalue weighted by Gasteiger charge is -2.30. The van der Waals surface area contributed by atoms with Gasteiger partial charge < -0.3 is 4.57 Å². The first-order valence-corrected chi connectivity index (χ1v) is 7.23. The van der Waals surface area contributed by atoms with Crippen LogP contribution in [0.3, 0.4) is 0 Å². The van der Waals surface area contributed by atoms with E-state index in [2.05, 4.69) is 42.7 Å². The number of hydrogen-bond acceptors (Lipinski definition) is 1. The molecule has 1 heterocycles. The van der Waals surface area contributed by atoms with Crippen LogP contribution in [0.5, 0.6) is 0 Å². The van der Waals surface area contributed by atoms with Gasteiger partial charge in [0.25, 0.3) is 0 Å². The predicted octanol–water partition coefficient (Wildman–Crippen LogP) is 4.49. The molecule has 3 rings (SSSR count). The Morgan fingerprint density at radius 1 is 1.28 bits per heavy atom. The highest BCUT2D eigenvalue weighted by atomic mass is 15.1. The van der Waals surface area contributed by atoms with Gasteiger partial charge in [-0.2, -0.15) is 0 Å². The highest BCUT2D eigenvalue weighted by Crippen LogP contribution is 2.36. The zero-order valence-electron chi connectivity index (χ0n) is 11.4.